The van der Waals surface area contributed by atoms with Gasteiger partial charge in [-0.3, -0.25) is 13.9 Å². The normalized spacial score (nSPS) is 12.2. The first-order valence-corrected chi connectivity index (χ1v) is 13.2. The Balaban J connectivity index is 2.36. The first-order valence-electron chi connectivity index (χ1n) is 10.6. The standard InChI is InChI=1S/C23H29Cl2N3O4S/c1-4-21(23(30)26-5-2)27(14-13-17-9-7-6-8-10-17)22(29)16-28(33(3,31)32)18-11-12-19(24)20(25)15-18/h6-12,15,21H,4-5,13-14,16H2,1-3H3,(H,26,30). The number of nitrogens with one attached hydrogen (secondary N) is 1. The first-order chi connectivity index (χ1) is 15.6. The molecule has 2 aromatic rings. The zero-order chi connectivity index (χ0) is 24.6. The van der Waals surface area contributed by atoms with Gasteiger partial charge >= 0.3 is 0 Å². The van der Waals surface area contributed by atoms with Crippen LogP contribution < -0.4 is 9.62 Å². The molecule has 2 aromatic carbocycles. The molecule has 0 saturated heterocycles. The van der Waals surface area contributed by atoms with Crippen molar-refractivity contribution in [1.29, 1.82) is 0 Å². The van der Waals surface area contributed by atoms with Gasteiger partial charge in [0.2, 0.25) is 21.8 Å². The van der Waals surface area contributed by atoms with Gasteiger partial charge in [-0.05, 0) is 43.5 Å². The number of rotatable bonds is 11. The van der Waals surface area contributed by atoms with Crippen molar-refractivity contribution >= 4 is 50.7 Å². The molecular weight excluding hydrogens is 485 g/mol. The van der Waals surface area contributed by atoms with Gasteiger partial charge < -0.3 is 10.2 Å². The minimum absolute atomic E-state index is 0.171. The third-order valence-corrected chi connectivity index (χ3v) is 6.97. The second kappa shape index (κ2) is 12.3. The number of benzene rings is 2. The molecule has 10 heteroatoms. The van der Waals surface area contributed by atoms with Crippen molar-refractivity contribution in [3.8, 4) is 0 Å². The zero-order valence-electron chi connectivity index (χ0n) is 18.9. The lowest BCUT2D eigenvalue weighted by atomic mass is 10.1. The molecule has 180 valence electrons. The van der Waals surface area contributed by atoms with E-state index >= 15 is 0 Å². The molecule has 0 aliphatic carbocycles. The number of halogens is 2. The minimum Gasteiger partial charge on any atom is -0.355 e. The number of hydrogen-bond donors (Lipinski definition) is 1. The van der Waals surface area contributed by atoms with Crippen LogP contribution in [0.5, 0.6) is 0 Å². The van der Waals surface area contributed by atoms with Crippen LogP contribution >= 0.6 is 23.2 Å². The Morgan fingerprint density at radius 2 is 1.70 bits per heavy atom. The highest BCUT2D eigenvalue weighted by molar-refractivity contribution is 7.92. The molecule has 0 heterocycles. The Hall–Kier alpha value is -2.29. The van der Waals surface area contributed by atoms with Crippen molar-refractivity contribution in [2.24, 2.45) is 0 Å². The Bertz CT molecular complexity index is 1060. The van der Waals surface area contributed by atoms with E-state index in [-0.39, 0.29) is 28.2 Å². The second-order valence-corrected chi connectivity index (χ2v) is 10.2. The smallest absolute Gasteiger partial charge is 0.244 e. The van der Waals surface area contributed by atoms with Crippen LogP contribution in [0.15, 0.2) is 48.5 Å². The fraction of sp³-hybridized carbons (Fsp3) is 0.391. The van der Waals surface area contributed by atoms with Crippen LogP contribution in [0.1, 0.15) is 25.8 Å². The molecule has 2 amide bonds. The highest BCUT2D eigenvalue weighted by atomic mass is 35.5. The summed E-state index contributed by atoms with van der Waals surface area (Å²) in [7, 11) is -3.82. The van der Waals surface area contributed by atoms with E-state index in [2.05, 4.69) is 5.32 Å². The van der Waals surface area contributed by atoms with Crippen molar-refractivity contribution in [3.63, 3.8) is 0 Å². The molecule has 0 spiro atoms. The van der Waals surface area contributed by atoms with Gasteiger partial charge in [-0.15, -0.1) is 0 Å². The van der Waals surface area contributed by atoms with Crippen LogP contribution in [-0.2, 0) is 26.0 Å². The van der Waals surface area contributed by atoms with Crippen LogP contribution in [0.4, 0.5) is 5.69 Å². The topological polar surface area (TPSA) is 86.8 Å². The molecule has 0 fully saturated rings. The molecule has 1 N–H and O–H groups in total. The zero-order valence-corrected chi connectivity index (χ0v) is 21.3. The van der Waals surface area contributed by atoms with Crippen LogP contribution in [0.2, 0.25) is 10.0 Å². The van der Waals surface area contributed by atoms with E-state index in [1.807, 2.05) is 37.3 Å². The van der Waals surface area contributed by atoms with Crippen LogP contribution in [-0.4, -0.2) is 57.1 Å². The average Bonchev–Trinajstić information content (AvgIpc) is 2.76. The summed E-state index contributed by atoms with van der Waals surface area (Å²) >= 11 is 12.0. The number of amides is 2. The lowest BCUT2D eigenvalue weighted by molar-refractivity contribution is -0.139. The largest absolute Gasteiger partial charge is 0.355 e. The van der Waals surface area contributed by atoms with E-state index in [4.69, 9.17) is 23.2 Å². The Morgan fingerprint density at radius 3 is 2.24 bits per heavy atom. The summed E-state index contributed by atoms with van der Waals surface area (Å²) < 4.78 is 26.1. The molecule has 7 nitrogen and oxygen atoms in total. The molecule has 33 heavy (non-hydrogen) atoms. The summed E-state index contributed by atoms with van der Waals surface area (Å²) in [4.78, 5) is 27.6. The predicted molar refractivity (Wildman–Crippen MR) is 133 cm³/mol. The fourth-order valence-corrected chi connectivity index (χ4v) is 4.58. The van der Waals surface area contributed by atoms with Crippen molar-refractivity contribution in [1.82, 2.24) is 10.2 Å². The molecule has 1 unspecified atom stereocenters. The quantitative estimate of drug-likeness (QED) is 0.495. The SMILES string of the molecule is CCNC(=O)C(CC)N(CCc1ccccc1)C(=O)CN(c1ccc(Cl)c(Cl)c1)S(C)(=O)=O. The summed E-state index contributed by atoms with van der Waals surface area (Å²) in [5.41, 5.74) is 1.22. The van der Waals surface area contributed by atoms with E-state index in [0.717, 1.165) is 16.1 Å². The Kier molecular flexibility index (Phi) is 10.0. The number of carbonyl (C=O) groups is 2. The Morgan fingerprint density at radius 1 is 1.03 bits per heavy atom. The van der Waals surface area contributed by atoms with Gasteiger partial charge in [0.1, 0.15) is 12.6 Å². The summed E-state index contributed by atoms with van der Waals surface area (Å²) in [5.74, 6) is -0.762. The number of anilines is 1. The van der Waals surface area contributed by atoms with E-state index in [1.165, 1.54) is 23.1 Å². The molecule has 0 bridgehead atoms. The maximum atomic E-state index is 13.4. The van der Waals surface area contributed by atoms with Crippen molar-refractivity contribution < 1.29 is 18.0 Å². The second-order valence-electron chi connectivity index (χ2n) is 7.51. The molecule has 0 radical (unpaired) electrons. The van der Waals surface area contributed by atoms with Gasteiger partial charge in [0, 0.05) is 13.1 Å². The maximum Gasteiger partial charge on any atom is 0.244 e. The molecule has 0 aliphatic heterocycles. The number of carbonyl (C=O) groups excluding carboxylic acids is 2. The Labute approximate surface area is 205 Å². The third-order valence-electron chi connectivity index (χ3n) is 5.09. The van der Waals surface area contributed by atoms with Crippen LogP contribution in [0.25, 0.3) is 0 Å². The van der Waals surface area contributed by atoms with Crippen LogP contribution in [0, 0.1) is 0 Å². The summed E-state index contributed by atoms with van der Waals surface area (Å²) in [6, 6.07) is 13.2. The molecule has 0 aromatic heterocycles. The van der Waals surface area contributed by atoms with Crippen molar-refractivity contribution in [3.05, 3.63) is 64.1 Å². The molecular formula is C23H29Cl2N3O4S. The highest BCUT2D eigenvalue weighted by Gasteiger charge is 2.31. The van der Waals surface area contributed by atoms with Gasteiger partial charge in [0.05, 0.1) is 22.0 Å². The monoisotopic (exact) mass is 513 g/mol. The van der Waals surface area contributed by atoms with Gasteiger partial charge in [0.15, 0.2) is 0 Å². The number of hydrogen-bond acceptors (Lipinski definition) is 4. The van der Waals surface area contributed by atoms with E-state index in [1.54, 1.807) is 6.92 Å². The summed E-state index contributed by atoms with van der Waals surface area (Å²) in [5, 5.41) is 3.20. The molecule has 2 rings (SSSR count). The van der Waals surface area contributed by atoms with Crippen LogP contribution in [0.3, 0.4) is 0 Å². The predicted octanol–water partition coefficient (Wildman–Crippen LogP) is 3.75. The highest BCUT2D eigenvalue weighted by Crippen LogP contribution is 2.28. The number of sulfonamides is 1. The van der Waals surface area contributed by atoms with Gasteiger partial charge in [0.25, 0.3) is 0 Å². The average molecular weight is 514 g/mol. The lowest BCUT2D eigenvalue weighted by Crippen LogP contribution is -2.53. The first kappa shape index (κ1) is 27.0. The third kappa shape index (κ3) is 7.62. The molecule has 0 aliphatic rings. The molecule has 1 atom stereocenters. The molecule has 0 saturated carbocycles. The van der Waals surface area contributed by atoms with E-state index in [0.29, 0.717) is 19.4 Å². The van der Waals surface area contributed by atoms with Gasteiger partial charge in [-0.2, -0.15) is 0 Å². The lowest BCUT2D eigenvalue weighted by Gasteiger charge is -2.32. The summed E-state index contributed by atoms with van der Waals surface area (Å²) in [6.45, 7) is 3.83. The van der Waals surface area contributed by atoms with Crippen molar-refractivity contribution in [2.45, 2.75) is 32.7 Å². The number of likely N-dealkylation sites (N-methyl/N-ethyl adjacent to an activating group) is 1. The minimum atomic E-state index is -3.82. The van der Waals surface area contributed by atoms with Gasteiger partial charge in [-0.25, -0.2) is 8.42 Å². The number of nitrogens with zero attached hydrogens (tertiary/aromatic N) is 2. The summed E-state index contributed by atoms with van der Waals surface area (Å²) in [6.07, 6.45) is 1.92. The van der Waals surface area contributed by atoms with E-state index in [9.17, 15) is 18.0 Å². The maximum absolute atomic E-state index is 13.4. The van der Waals surface area contributed by atoms with Crippen molar-refractivity contribution in [2.75, 3.05) is 30.2 Å². The van der Waals surface area contributed by atoms with Gasteiger partial charge in [-0.1, -0.05) is 60.5 Å². The fourth-order valence-electron chi connectivity index (χ4n) is 3.44. The van der Waals surface area contributed by atoms with E-state index < -0.39 is 28.5 Å².